The minimum Gasteiger partial charge on any atom is -0.236 e. The topological polar surface area (TPSA) is 25.8 Å². The van der Waals surface area contributed by atoms with Gasteiger partial charge in [-0.2, -0.15) is 13.2 Å². The van der Waals surface area contributed by atoms with Gasteiger partial charge in [-0.3, -0.25) is 0 Å². The Morgan fingerprint density at radius 1 is 0.821 bits per heavy atom. The highest BCUT2D eigenvalue weighted by molar-refractivity contribution is 5.69. The molecule has 1 heterocycles. The van der Waals surface area contributed by atoms with Crippen molar-refractivity contribution in [3.63, 3.8) is 0 Å². The third kappa shape index (κ3) is 4.00. The molecule has 28 heavy (non-hydrogen) atoms. The van der Waals surface area contributed by atoms with E-state index in [0.717, 1.165) is 24.5 Å². The minimum atomic E-state index is -5.18. The van der Waals surface area contributed by atoms with E-state index in [4.69, 9.17) is 0 Å². The van der Waals surface area contributed by atoms with Crippen LogP contribution >= 0.6 is 0 Å². The van der Waals surface area contributed by atoms with E-state index in [1.807, 2.05) is 6.92 Å². The smallest absolute Gasteiger partial charge is 0.236 e. The van der Waals surface area contributed by atoms with Crippen LogP contribution in [0.1, 0.15) is 24.5 Å². The van der Waals surface area contributed by atoms with Crippen LogP contribution in [0.2, 0.25) is 0 Å². The molecular formula is C20H14F6N2. The number of aryl methyl sites for hydroxylation is 1. The van der Waals surface area contributed by atoms with Crippen LogP contribution in [-0.4, -0.2) is 9.97 Å². The molecule has 0 unspecified atom stereocenters. The summed E-state index contributed by atoms with van der Waals surface area (Å²) in [5.74, 6) is -4.21. The Bertz CT molecular complexity index is 974. The first-order chi connectivity index (χ1) is 13.2. The van der Waals surface area contributed by atoms with Crippen LogP contribution in [0, 0.1) is 17.5 Å². The second-order valence-electron chi connectivity index (χ2n) is 6.17. The van der Waals surface area contributed by atoms with Gasteiger partial charge in [0.05, 0.1) is 0 Å². The number of aromatic nitrogens is 2. The van der Waals surface area contributed by atoms with Crippen molar-refractivity contribution in [1.29, 1.82) is 0 Å². The van der Waals surface area contributed by atoms with E-state index in [-0.39, 0.29) is 17.0 Å². The highest BCUT2D eigenvalue weighted by Crippen LogP contribution is 2.36. The summed E-state index contributed by atoms with van der Waals surface area (Å²) in [6.45, 7) is 2.01. The van der Waals surface area contributed by atoms with Gasteiger partial charge >= 0.3 is 6.18 Å². The number of benzene rings is 2. The zero-order valence-electron chi connectivity index (χ0n) is 14.6. The molecule has 0 N–H and O–H groups in total. The summed E-state index contributed by atoms with van der Waals surface area (Å²) < 4.78 is 80.0. The van der Waals surface area contributed by atoms with Crippen molar-refractivity contribution in [2.24, 2.45) is 0 Å². The molecule has 0 fully saturated rings. The van der Waals surface area contributed by atoms with E-state index >= 15 is 0 Å². The molecule has 0 aliphatic rings. The maximum absolute atomic E-state index is 14.5. The van der Waals surface area contributed by atoms with Crippen molar-refractivity contribution in [3.05, 3.63) is 71.3 Å². The molecule has 0 aliphatic heterocycles. The van der Waals surface area contributed by atoms with Crippen molar-refractivity contribution in [2.75, 3.05) is 0 Å². The van der Waals surface area contributed by atoms with Gasteiger partial charge in [0.15, 0.2) is 5.82 Å². The quantitative estimate of drug-likeness (QED) is 0.491. The lowest BCUT2D eigenvalue weighted by Crippen LogP contribution is -2.11. The minimum absolute atomic E-state index is 0.238. The van der Waals surface area contributed by atoms with Gasteiger partial charge in [-0.05, 0) is 35.7 Å². The van der Waals surface area contributed by atoms with Gasteiger partial charge < -0.3 is 0 Å². The SMILES string of the molecule is CCCc1cnc(-c2ccc(-c3cc(F)c(C(F)(F)F)c(F)c3)c(F)c2)nc1. The van der Waals surface area contributed by atoms with E-state index < -0.39 is 29.2 Å². The Hall–Kier alpha value is -2.90. The first-order valence-electron chi connectivity index (χ1n) is 8.38. The van der Waals surface area contributed by atoms with Gasteiger partial charge in [0.2, 0.25) is 0 Å². The number of halogens is 6. The highest BCUT2D eigenvalue weighted by Gasteiger charge is 2.38. The summed E-state index contributed by atoms with van der Waals surface area (Å²) in [6.07, 6.45) is -0.211. The Kier molecular flexibility index (Phi) is 5.40. The van der Waals surface area contributed by atoms with Crippen LogP contribution in [-0.2, 0) is 12.6 Å². The second kappa shape index (κ2) is 7.61. The maximum atomic E-state index is 14.5. The van der Waals surface area contributed by atoms with Crippen molar-refractivity contribution in [3.8, 4) is 22.5 Å². The third-order valence-corrected chi connectivity index (χ3v) is 4.11. The standard InChI is InChI=1S/C20H14F6N2/c1-2-3-11-9-27-19(28-10-11)12-4-5-14(15(21)6-12)13-7-16(22)18(17(23)8-13)20(24,25)26/h4-10H,2-3H2,1H3. The molecule has 0 amide bonds. The molecule has 0 spiro atoms. The fraction of sp³-hybridized carbons (Fsp3) is 0.200. The fourth-order valence-corrected chi connectivity index (χ4v) is 2.81. The van der Waals surface area contributed by atoms with Crippen LogP contribution in [0.25, 0.3) is 22.5 Å². The monoisotopic (exact) mass is 396 g/mol. The number of rotatable bonds is 4. The normalized spacial score (nSPS) is 11.7. The number of alkyl halides is 3. The molecule has 0 saturated carbocycles. The molecule has 0 bridgehead atoms. The van der Waals surface area contributed by atoms with E-state index in [2.05, 4.69) is 9.97 Å². The Morgan fingerprint density at radius 3 is 1.89 bits per heavy atom. The van der Waals surface area contributed by atoms with E-state index in [0.29, 0.717) is 17.7 Å². The second-order valence-corrected chi connectivity index (χ2v) is 6.17. The Balaban J connectivity index is 1.97. The van der Waals surface area contributed by atoms with E-state index in [1.54, 1.807) is 12.4 Å². The number of hydrogen-bond donors (Lipinski definition) is 0. The summed E-state index contributed by atoms with van der Waals surface area (Å²) >= 11 is 0. The fourth-order valence-electron chi connectivity index (χ4n) is 2.81. The predicted octanol–water partition coefficient (Wildman–Crippen LogP) is 6.20. The van der Waals surface area contributed by atoms with Crippen molar-refractivity contribution in [2.45, 2.75) is 25.9 Å². The Labute approximate surface area is 156 Å². The van der Waals surface area contributed by atoms with Crippen molar-refractivity contribution in [1.82, 2.24) is 9.97 Å². The highest BCUT2D eigenvalue weighted by atomic mass is 19.4. The molecule has 2 nitrogen and oxygen atoms in total. The van der Waals surface area contributed by atoms with E-state index in [1.165, 1.54) is 12.1 Å². The third-order valence-electron chi connectivity index (χ3n) is 4.11. The number of hydrogen-bond acceptors (Lipinski definition) is 2. The van der Waals surface area contributed by atoms with Crippen molar-refractivity contribution >= 4 is 0 Å². The van der Waals surface area contributed by atoms with Gasteiger partial charge in [-0.25, -0.2) is 23.1 Å². The molecule has 0 atom stereocenters. The maximum Gasteiger partial charge on any atom is 0.422 e. The molecule has 8 heteroatoms. The van der Waals surface area contributed by atoms with Crippen LogP contribution in [0.3, 0.4) is 0 Å². The molecular weight excluding hydrogens is 382 g/mol. The summed E-state index contributed by atoms with van der Waals surface area (Å²) in [7, 11) is 0. The molecule has 3 rings (SSSR count). The van der Waals surface area contributed by atoms with Gasteiger partial charge in [0.25, 0.3) is 0 Å². The molecule has 0 radical (unpaired) electrons. The van der Waals surface area contributed by atoms with Crippen LogP contribution < -0.4 is 0 Å². The lowest BCUT2D eigenvalue weighted by molar-refractivity contribution is -0.142. The molecule has 0 saturated heterocycles. The summed E-state index contributed by atoms with van der Waals surface area (Å²) in [5.41, 5.74) is -1.32. The van der Waals surface area contributed by atoms with Gasteiger partial charge in [0.1, 0.15) is 23.0 Å². The first kappa shape index (κ1) is 19.9. The predicted molar refractivity (Wildman–Crippen MR) is 91.8 cm³/mol. The zero-order valence-corrected chi connectivity index (χ0v) is 14.6. The van der Waals surface area contributed by atoms with Gasteiger partial charge in [0, 0.05) is 23.5 Å². The van der Waals surface area contributed by atoms with Crippen LogP contribution in [0.4, 0.5) is 26.3 Å². The largest absolute Gasteiger partial charge is 0.422 e. The molecule has 3 aromatic rings. The molecule has 0 aliphatic carbocycles. The first-order valence-corrected chi connectivity index (χ1v) is 8.38. The molecule has 2 aromatic carbocycles. The molecule has 146 valence electrons. The van der Waals surface area contributed by atoms with Crippen LogP contribution in [0.5, 0.6) is 0 Å². The summed E-state index contributed by atoms with van der Waals surface area (Å²) in [5, 5.41) is 0. The van der Waals surface area contributed by atoms with Crippen LogP contribution in [0.15, 0.2) is 42.7 Å². The Morgan fingerprint density at radius 2 is 1.39 bits per heavy atom. The zero-order chi connectivity index (χ0) is 20.5. The lowest BCUT2D eigenvalue weighted by atomic mass is 10.0. The van der Waals surface area contributed by atoms with Gasteiger partial charge in [-0.1, -0.05) is 25.5 Å². The summed E-state index contributed by atoms with van der Waals surface area (Å²) in [4.78, 5) is 8.31. The van der Waals surface area contributed by atoms with Gasteiger partial charge in [-0.15, -0.1) is 0 Å². The van der Waals surface area contributed by atoms with Crippen molar-refractivity contribution < 1.29 is 26.3 Å². The summed E-state index contributed by atoms with van der Waals surface area (Å²) in [6, 6.07) is 4.63. The van der Waals surface area contributed by atoms with E-state index in [9.17, 15) is 26.3 Å². The lowest BCUT2D eigenvalue weighted by Gasteiger charge is -2.12. The average molecular weight is 396 g/mol. The molecule has 1 aromatic heterocycles. The number of nitrogens with zero attached hydrogens (tertiary/aromatic N) is 2. The average Bonchev–Trinajstić information content (AvgIpc) is 2.60.